The van der Waals surface area contributed by atoms with Crippen LogP contribution in [0, 0.1) is 47.6 Å². The van der Waals surface area contributed by atoms with Gasteiger partial charge in [0, 0.05) is 61.2 Å². The lowest BCUT2D eigenvalue weighted by Crippen LogP contribution is -2.34. The van der Waals surface area contributed by atoms with Crippen molar-refractivity contribution in [1.29, 1.82) is 0 Å². The number of ether oxygens (including phenoxy) is 2. The van der Waals surface area contributed by atoms with Crippen LogP contribution >= 0.6 is 0 Å². The molecule has 0 amide bonds. The SMILES string of the molecule is CC(C)=CCC(CC#CCCC(=O)c1ccc([N+](=O)[O-])cc1)(COC(=O)c1ccc([N+](=O)[O-])cc1)COC(=O)c1ccc([N+](=O)[O-])cc1. The van der Waals surface area contributed by atoms with Crippen LogP contribution in [-0.4, -0.2) is 45.7 Å². The number of esters is 2. The Kier molecular flexibility index (Phi) is 12.8. The van der Waals surface area contributed by atoms with Crippen LogP contribution in [0.4, 0.5) is 17.1 Å². The summed E-state index contributed by atoms with van der Waals surface area (Å²) in [6, 6.07) is 14.9. The Bertz CT molecular complexity index is 1690. The van der Waals surface area contributed by atoms with Crippen LogP contribution in [0.2, 0.25) is 0 Å². The Labute approximate surface area is 274 Å². The summed E-state index contributed by atoms with van der Waals surface area (Å²) in [4.78, 5) is 69.5. The van der Waals surface area contributed by atoms with Gasteiger partial charge in [0.15, 0.2) is 5.78 Å². The Morgan fingerprint density at radius 3 is 1.44 bits per heavy atom. The predicted octanol–water partition coefficient (Wildman–Crippen LogP) is 6.82. The zero-order chi connectivity index (χ0) is 35.3. The normalized spacial score (nSPS) is 10.5. The minimum absolute atomic E-state index is 0.0377. The summed E-state index contributed by atoms with van der Waals surface area (Å²) in [6.45, 7) is 3.17. The molecule has 48 heavy (non-hydrogen) atoms. The maximum Gasteiger partial charge on any atom is 0.338 e. The maximum atomic E-state index is 12.9. The van der Waals surface area contributed by atoms with Crippen molar-refractivity contribution >= 4 is 34.8 Å². The third-order valence-electron chi connectivity index (χ3n) is 7.06. The number of Topliss-reactive ketones (excluding diaryl/α,β-unsaturated/α-hetero) is 1. The molecule has 0 spiro atoms. The van der Waals surface area contributed by atoms with Crippen LogP contribution in [0.15, 0.2) is 84.4 Å². The Balaban J connectivity index is 1.80. The zero-order valence-electron chi connectivity index (χ0n) is 26.1. The molecule has 0 aliphatic rings. The standard InChI is InChI=1S/C34H31N3O11/c1-24(2)19-21-34(22-47-32(39)26-9-15-29(16-10-26)36(43)44,23-48-33(40)27-11-17-30(18-12-27)37(45)46)20-5-3-4-6-31(38)25-7-13-28(14-8-25)35(41)42/h7-19H,4,6,20-23H2,1-2H3. The molecule has 0 saturated heterocycles. The molecule has 0 aliphatic heterocycles. The lowest BCUT2D eigenvalue weighted by molar-refractivity contribution is -0.385. The molecule has 0 bridgehead atoms. The van der Waals surface area contributed by atoms with Gasteiger partial charge in [0.25, 0.3) is 17.1 Å². The lowest BCUT2D eigenvalue weighted by atomic mass is 9.82. The molecule has 0 unspecified atom stereocenters. The average Bonchev–Trinajstić information content (AvgIpc) is 3.08. The quantitative estimate of drug-likeness (QED) is 0.0414. The molecule has 0 heterocycles. The Morgan fingerprint density at radius 1 is 0.667 bits per heavy atom. The van der Waals surface area contributed by atoms with E-state index in [2.05, 4.69) is 11.8 Å². The summed E-state index contributed by atoms with van der Waals surface area (Å²) in [5.41, 5.74) is -0.260. The Hall–Kier alpha value is -6.23. The van der Waals surface area contributed by atoms with E-state index in [1.807, 2.05) is 19.9 Å². The van der Waals surface area contributed by atoms with Crippen LogP contribution in [-0.2, 0) is 9.47 Å². The Morgan fingerprint density at radius 2 is 1.06 bits per heavy atom. The van der Waals surface area contributed by atoms with Gasteiger partial charge >= 0.3 is 11.9 Å². The molecule has 14 heteroatoms. The first-order valence-electron chi connectivity index (χ1n) is 14.5. The van der Waals surface area contributed by atoms with E-state index in [9.17, 15) is 44.7 Å². The topological polar surface area (TPSA) is 199 Å². The summed E-state index contributed by atoms with van der Waals surface area (Å²) < 4.78 is 11.2. The smallest absolute Gasteiger partial charge is 0.338 e. The van der Waals surface area contributed by atoms with Gasteiger partial charge in [0.1, 0.15) is 13.2 Å². The first kappa shape index (κ1) is 36.2. The molecule has 3 aromatic rings. The van der Waals surface area contributed by atoms with Gasteiger partial charge in [0.05, 0.1) is 31.3 Å². The van der Waals surface area contributed by atoms with Gasteiger partial charge in [0.2, 0.25) is 0 Å². The zero-order valence-corrected chi connectivity index (χ0v) is 26.1. The molecule has 0 saturated carbocycles. The van der Waals surface area contributed by atoms with Crippen molar-refractivity contribution in [2.24, 2.45) is 5.41 Å². The van der Waals surface area contributed by atoms with Crippen molar-refractivity contribution in [2.45, 2.75) is 39.5 Å². The number of allylic oxidation sites excluding steroid dienone is 2. The van der Waals surface area contributed by atoms with Crippen LogP contribution in [0.3, 0.4) is 0 Å². The molecule has 0 radical (unpaired) electrons. The third kappa shape index (κ3) is 10.7. The van der Waals surface area contributed by atoms with E-state index in [4.69, 9.17) is 9.47 Å². The molecule has 0 atom stereocenters. The van der Waals surface area contributed by atoms with Gasteiger partial charge in [-0.3, -0.25) is 35.1 Å². The van der Waals surface area contributed by atoms with Gasteiger partial charge in [-0.25, -0.2) is 9.59 Å². The van der Waals surface area contributed by atoms with Crippen molar-refractivity contribution in [3.63, 3.8) is 0 Å². The van der Waals surface area contributed by atoms with Gasteiger partial charge in [-0.1, -0.05) is 11.6 Å². The largest absolute Gasteiger partial charge is 0.461 e. The maximum absolute atomic E-state index is 12.9. The van der Waals surface area contributed by atoms with E-state index in [0.717, 1.165) is 5.57 Å². The first-order valence-corrected chi connectivity index (χ1v) is 14.5. The number of benzene rings is 3. The number of carbonyl (C=O) groups excluding carboxylic acids is 3. The van der Waals surface area contributed by atoms with Crippen molar-refractivity contribution in [2.75, 3.05) is 13.2 Å². The molecule has 0 aromatic heterocycles. The average molecular weight is 658 g/mol. The van der Waals surface area contributed by atoms with E-state index >= 15 is 0 Å². The number of nitrogens with zero attached hydrogens (tertiary/aromatic N) is 3. The number of nitro benzene ring substituents is 3. The van der Waals surface area contributed by atoms with Crippen LogP contribution in [0.5, 0.6) is 0 Å². The fourth-order valence-electron chi connectivity index (χ4n) is 4.22. The number of non-ortho nitro benzene ring substituents is 3. The summed E-state index contributed by atoms with van der Waals surface area (Å²) >= 11 is 0. The summed E-state index contributed by atoms with van der Waals surface area (Å²) in [6.07, 6.45) is 2.37. The number of ketones is 1. The molecule has 0 aliphatic carbocycles. The van der Waals surface area contributed by atoms with Crippen molar-refractivity contribution in [3.8, 4) is 11.8 Å². The second-order valence-corrected chi connectivity index (χ2v) is 11.0. The van der Waals surface area contributed by atoms with E-state index in [0.29, 0.717) is 5.56 Å². The minimum Gasteiger partial charge on any atom is -0.461 e. The molecule has 14 nitrogen and oxygen atoms in total. The highest BCUT2D eigenvalue weighted by molar-refractivity contribution is 5.96. The van der Waals surface area contributed by atoms with E-state index in [1.165, 1.54) is 72.8 Å². The highest BCUT2D eigenvalue weighted by Crippen LogP contribution is 2.30. The second-order valence-electron chi connectivity index (χ2n) is 11.0. The number of nitro groups is 3. The highest BCUT2D eigenvalue weighted by Gasteiger charge is 2.33. The van der Waals surface area contributed by atoms with Crippen molar-refractivity contribution < 1.29 is 38.6 Å². The molecule has 248 valence electrons. The van der Waals surface area contributed by atoms with E-state index in [1.54, 1.807) is 0 Å². The van der Waals surface area contributed by atoms with Gasteiger partial charge < -0.3 is 9.47 Å². The van der Waals surface area contributed by atoms with Crippen LogP contribution in [0.25, 0.3) is 0 Å². The highest BCUT2D eigenvalue weighted by atomic mass is 16.6. The molecule has 0 N–H and O–H groups in total. The summed E-state index contributed by atoms with van der Waals surface area (Å²) in [5, 5.41) is 32.9. The monoisotopic (exact) mass is 657 g/mol. The lowest BCUT2D eigenvalue weighted by Gasteiger charge is -2.30. The van der Waals surface area contributed by atoms with Gasteiger partial charge in [-0.2, -0.15) is 0 Å². The number of hydrogen-bond donors (Lipinski definition) is 0. The number of carbonyl (C=O) groups is 3. The van der Waals surface area contributed by atoms with E-state index < -0.39 is 32.1 Å². The first-order chi connectivity index (χ1) is 22.8. The number of rotatable bonds is 15. The summed E-state index contributed by atoms with van der Waals surface area (Å²) in [5.74, 6) is 4.12. The molecule has 3 aromatic carbocycles. The third-order valence-corrected chi connectivity index (χ3v) is 7.06. The predicted molar refractivity (Wildman–Crippen MR) is 172 cm³/mol. The fraction of sp³-hybridized carbons (Fsp3) is 0.265. The summed E-state index contributed by atoms with van der Waals surface area (Å²) in [7, 11) is 0. The molecular formula is C34H31N3O11. The van der Waals surface area contributed by atoms with Gasteiger partial charge in [-0.15, -0.1) is 11.8 Å². The molecule has 3 rings (SSSR count). The van der Waals surface area contributed by atoms with Crippen molar-refractivity contribution in [3.05, 3.63) is 131 Å². The van der Waals surface area contributed by atoms with Gasteiger partial charge in [-0.05, 0) is 56.7 Å². The minimum atomic E-state index is -1.07. The number of hydrogen-bond acceptors (Lipinski definition) is 11. The van der Waals surface area contributed by atoms with E-state index in [-0.39, 0.29) is 72.9 Å². The second kappa shape index (κ2) is 16.9. The van der Waals surface area contributed by atoms with Crippen LogP contribution in [0.1, 0.15) is 70.6 Å². The van der Waals surface area contributed by atoms with Crippen molar-refractivity contribution in [1.82, 2.24) is 0 Å². The molecular weight excluding hydrogens is 626 g/mol. The van der Waals surface area contributed by atoms with Crippen LogP contribution < -0.4 is 0 Å². The molecule has 0 fully saturated rings. The fourth-order valence-corrected chi connectivity index (χ4v) is 4.22.